The highest BCUT2D eigenvalue weighted by atomic mass is 16.5. The molecule has 0 aromatic heterocycles. The van der Waals surface area contributed by atoms with Crippen molar-refractivity contribution >= 4 is 11.9 Å². The van der Waals surface area contributed by atoms with E-state index >= 15 is 0 Å². The third-order valence-electron chi connectivity index (χ3n) is 3.39. The number of morpholine rings is 1. The molecule has 0 saturated carbocycles. The summed E-state index contributed by atoms with van der Waals surface area (Å²) < 4.78 is 9.88. The fraction of sp³-hybridized carbons (Fsp3) is 0.467. The van der Waals surface area contributed by atoms with Gasteiger partial charge in [0.1, 0.15) is 0 Å². The lowest BCUT2D eigenvalue weighted by Crippen LogP contribution is -2.41. The molecular weight excluding hydrogens is 272 g/mol. The Balaban J connectivity index is 1.78. The summed E-state index contributed by atoms with van der Waals surface area (Å²) in [6, 6.07) is 6.41. The van der Waals surface area contributed by atoms with Gasteiger partial charge in [-0.3, -0.25) is 9.69 Å². The zero-order chi connectivity index (χ0) is 15.1. The van der Waals surface area contributed by atoms with E-state index in [0.717, 1.165) is 32.8 Å². The molecule has 1 amide bonds. The van der Waals surface area contributed by atoms with Crippen molar-refractivity contribution in [2.75, 3.05) is 46.5 Å². The number of carbonyl (C=O) groups excluding carboxylic acids is 2. The Kier molecular flexibility index (Phi) is 5.71. The molecule has 1 aliphatic heterocycles. The average Bonchev–Trinajstić information content (AvgIpc) is 2.55. The molecule has 1 aromatic carbocycles. The van der Waals surface area contributed by atoms with Gasteiger partial charge in [-0.1, -0.05) is 0 Å². The van der Waals surface area contributed by atoms with Crippen LogP contribution in [0.4, 0.5) is 0 Å². The standard InChI is InChI=1S/C15H20N2O4/c1-20-15(19)13-4-2-12(3-5-13)14(18)16-6-7-17-8-10-21-11-9-17/h2-5H,6-11H2,1H3,(H,16,18). The Bertz CT molecular complexity index is 481. The second-order valence-electron chi connectivity index (χ2n) is 4.78. The maximum absolute atomic E-state index is 12.0. The van der Waals surface area contributed by atoms with Crippen LogP contribution in [0.25, 0.3) is 0 Å². The average molecular weight is 292 g/mol. The number of nitrogens with zero attached hydrogens (tertiary/aromatic N) is 1. The first-order chi connectivity index (χ1) is 10.2. The molecule has 21 heavy (non-hydrogen) atoms. The molecule has 2 rings (SSSR count). The van der Waals surface area contributed by atoms with Gasteiger partial charge in [-0.2, -0.15) is 0 Å². The minimum atomic E-state index is -0.408. The Morgan fingerprint density at radius 3 is 2.43 bits per heavy atom. The van der Waals surface area contributed by atoms with E-state index in [-0.39, 0.29) is 5.91 Å². The Hall–Kier alpha value is -1.92. The van der Waals surface area contributed by atoms with Gasteiger partial charge in [-0.15, -0.1) is 0 Å². The van der Waals surface area contributed by atoms with E-state index in [1.807, 2.05) is 0 Å². The molecule has 1 fully saturated rings. The summed E-state index contributed by atoms with van der Waals surface area (Å²) in [5, 5.41) is 2.87. The number of nitrogens with one attached hydrogen (secondary N) is 1. The normalized spacial score (nSPS) is 15.5. The maximum atomic E-state index is 12.0. The molecule has 0 spiro atoms. The molecule has 1 aliphatic rings. The van der Waals surface area contributed by atoms with E-state index in [1.165, 1.54) is 7.11 Å². The van der Waals surface area contributed by atoms with Gasteiger partial charge < -0.3 is 14.8 Å². The number of ether oxygens (including phenoxy) is 2. The van der Waals surface area contributed by atoms with E-state index in [0.29, 0.717) is 17.7 Å². The molecule has 0 radical (unpaired) electrons. The topological polar surface area (TPSA) is 67.9 Å². The summed E-state index contributed by atoms with van der Waals surface area (Å²) in [4.78, 5) is 25.5. The number of esters is 1. The van der Waals surface area contributed by atoms with Crippen molar-refractivity contribution in [3.05, 3.63) is 35.4 Å². The molecule has 1 aromatic rings. The molecule has 0 atom stereocenters. The summed E-state index contributed by atoms with van der Waals surface area (Å²) in [5.41, 5.74) is 0.965. The number of carbonyl (C=O) groups is 2. The molecule has 1 saturated heterocycles. The lowest BCUT2D eigenvalue weighted by molar-refractivity contribution is 0.0383. The number of rotatable bonds is 5. The zero-order valence-electron chi connectivity index (χ0n) is 12.1. The predicted octanol–water partition coefficient (Wildman–Crippen LogP) is 0.535. The highest BCUT2D eigenvalue weighted by Crippen LogP contribution is 2.05. The second kappa shape index (κ2) is 7.75. The van der Waals surface area contributed by atoms with Crippen LogP contribution < -0.4 is 5.32 Å². The van der Waals surface area contributed by atoms with Crippen molar-refractivity contribution in [3.8, 4) is 0 Å². The first-order valence-electron chi connectivity index (χ1n) is 6.97. The van der Waals surface area contributed by atoms with E-state index in [9.17, 15) is 9.59 Å². The number of benzene rings is 1. The largest absolute Gasteiger partial charge is 0.465 e. The van der Waals surface area contributed by atoms with E-state index in [4.69, 9.17) is 4.74 Å². The summed E-state index contributed by atoms with van der Waals surface area (Å²) in [7, 11) is 1.33. The van der Waals surface area contributed by atoms with Crippen LogP contribution in [0.1, 0.15) is 20.7 Å². The van der Waals surface area contributed by atoms with Crippen LogP contribution in [-0.2, 0) is 9.47 Å². The van der Waals surface area contributed by atoms with Crippen molar-refractivity contribution in [3.63, 3.8) is 0 Å². The highest BCUT2D eigenvalue weighted by Gasteiger charge is 2.11. The van der Waals surface area contributed by atoms with Crippen molar-refractivity contribution in [1.29, 1.82) is 0 Å². The van der Waals surface area contributed by atoms with Crippen molar-refractivity contribution in [1.82, 2.24) is 10.2 Å². The molecule has 0 unspecified atom stereocenters. The van der Waals surface area contributed by atoms with Crippen LogP contribution in [0.3, 0.4) is 0 Å². The van der Waals surface area contributed by atoms with Gasteiger partial charge in [-0.25, -0.2) is 4.79 Å². The molecule has 1 heterocycles. The SMILES string of the molecule is COC(=O)c1ccc(C(=O)NCCN2CCOCC2)cc1. The third kappa shape index (κ3) is 4.54. The van der Waals surface area contributed by atoms with Gasteiger partial charge >= 0.3 is 5.97 Å². The molecule has 0 aliphatic carbocycles. The molecular formula is C15H20N2O4. The van der Waals surface area contributed by atoms with Crippen molar-refractivity contribution in [2.24, 2.45) is 0 Å². The second-order valence-corrected chi connectivity index (χ2v) is 4.78. The fourth-order valence-corrected chi connectivity index (χ4v) is 2.13. The quantitative estimate of drug-likeness (QED) is 0.802. The molecule has 6 nitrogen and oxygen atoms in total. The molecule has 114 valence electrons. The lowest BCUT2D eigenvalue weighted by atomic mass is 10.1. The van der Waals surface area contributed by atoms with Crippen LogP contribution in [0, 0.1) is 0 Å². The summed E-state index contributed by atoms with van der Waals surface area (Å²) >= 11 is 0. The summed E-state index contributed by atoms with van der Waals surface area (Å²) in [6.07, 6.45) is 0. The van der Waals surface area contributed by atoms with E-state index < -0.39 is 5.97 Å². The monoisotopic (exact) mass is 292 g/mol. The summed E-state index contributed by atoms with van der Waals surface area (Å²) in [6.45, 7) is 4.73. The van der Waals surface area contributed by atoms with Crippen molar-refractivity contribution < 1.29 is 19.1 Å². The molecule has 1 N–H and O–H groups in total. The van der Waals surface area contributed by atoms with Crippen LogP contribution in [0.2, 0.25) is 0 Å². The number of methoxy groups -OCH3 is 1. The Labute approximate surface area is 124 Å². The molecule has 6 heteroatoms. The lowest BCUT2D eigenvalue weighted by Gasteiger charge is -2.26. The Morgan fingerprint density at radius 2 is 1.81 bits per heavy atom. The first kappa shape index (κ1) is 15.5. The van der Waals surface area contributed by atoms with Gasteiger partial charge in [0.05, 0.1) is 25.9 Å². The van der Waals surface area contributed by atoms with Gasteiger partial charge in [0.2, 0.25) is 0 Å². The summed E-state index contributed by atoms with van der Waals surface area (Å²) in [5.74, 6) is -0.547. The molecule has 0 bridgehead atoms. The van der Waals surface area contributed by atoms with Crippen LogP contribution in [0.15, 0.2) is 24.3 Å². The number of amides is 1. The van der Waals surface area contributed by atoms with Gasteiger partial charge in [0.25, 0.3) is 5.91 Å². The minimum absolute atomic E-state index is 0.139. The van der Waals surface area contributed by atoms with E-state index in [2.05, 4.69) is 15.0 Å². The highest BCUT2D eigenvalue weighted by molar-refractivity contribution is 5.96. The minimum Gasteiger partial charge on any atom is -0.465 e. The van der Waals surface area contributed by atoms with Gasteiger partial charge in [0, 0.05) is 31.7 Å². The third-order valence-corrected chi connectivity index (χ3v) is 3.39. The van der Waals surface area contributed by atoms with Crippen LogP contribution >= 0.6 is 0 Å². The first-order valence-corrected chi connectivity index (χ1v) is 6.97. The zero-order valence-corrected chi connectivity index (χ0v) is 12.1. The van der Waals surface area contributed by atoms with Gasteiger partial charge in [0.15, 0.2) is 0 Å². The van der Waals surface area contributed by atoms with Crippen LogP contribution in [-0.4, -0.2) is 63.3 Å². The number of hydrogen-bond acceptors (Lipinski definition) is 5. The van der Waals surface area contributed by atoms with Gasteiger partial charge in [-0.05, 0) is 24.3 Å². The van der Waals surface area contributed by atoms with Crippen LogP contribution in [0.5, 0.6) is 0 Å². The van der Waals surface area contributed by atoms with E-state index in [1.54, 1.807) is 24.3 Å². The smallest absolute Gasteiger partial charge is 0.337 e. The predicted molar refractivity (Wildman–Crippen MR) is 77.4 cm³/mol. The maximum Gasteiger partial charge on any atom is 0.337 e. The number of hydrogen-bond donors (Lipinski definition) is 1. The fourth-order valence-electron chi connectivity index (χ4n) is 2.13. The van der Waals surface area contributed by atoms with Crippen molar-refractivity contribution in [2.45, 2.75) is 0 Å². The Morgan fingerprint density at radius 1 is 1.19 bits per heavy atom.